The summed E-state index contributed by atoms with van der Waals surface area (Å²) in [6.45, 7) is 9.80. The quantitative estimate of drug-likeness (QED) is 0.830. The summed E-state index contributed by atoms with van der Waals surface area (Å²) in [5.74, 6) is 0.711. The first kappa shape index (κ1) is 14.1. The number of anilines is 1. The highest BCUT2D eigenvalue weighted by molar-refractivity contribution is 5.55. The Morgan fingerprint density at radius 2 is 2.21 bits per heavy atom. The number of para-hydroxylation sites is 1. The number of hydrogen-bond acceptors (Lipinski definition) is 2. The number of nitrogens with zero attached hydrogens (tertiary/aromatic N) is 1. The smallest absolute Gasteiger partial charge is 0.0415 e. The molecule has 0 aromatic heterocycles. The Balaban J connectivity index is 2.24. The van der Waals surface area contributed by atoms with Crippen molar-refractivity contribution < 1.29 is 0 Å². The average molecular weight is 258 g/mol. The molecule has 0 saturated heterocycles. The third-order valence-electron chi connectivity index (χ3n) is 4.20. The Morgan fingerprint density at radius 1 is 1.42 bits per heavy atom. The van der Waals surface area contributed by atoms with Gasteiger partial charge in [0, 0.05) is 31.4 Å². The van der Waals surface area contributed by atoms with Crippen molar-refractivity contribution in [3.63, 3.8) is 0 Å². The minimum atomic E-state index is 0.572. The Bertz CT molecular complexity index is 425. The van der Waals surface area contributed by atoms with E-state index < -0.39 is 0 Å². The van der Waals surface area contributed by atoms with Crippen LogP contribution in [0.5, 0.6) is 0 Å². The zero-order valence-corrected chi connectivity index (χ0v) is 12.4. The van der Waals surface area contributed by atoms with Gasteiger partial charge in [-0.15, -0.1) is 0 Å². The van der Waals surface area contributed by atoms with E-state index in [0.29, 0.717) is 12.0 Å². The van der Waals surface area contributed by atoms with Crippen LogP contribution in [0.4, 0.5) is 5.69 Å². The number of rotatable bonds is 4. The van der Waals surface area contributed by atoms with Gasteiger partial charge in [0.2, 0.25) is 0 Å². The van der Waals surface area contributed by atoms with E-state index in [1.165, 1.54) is 17.7 Å². The second-order valence-corrected chi connectivity index (χ2v) is 5.48. The number of hydrogen-bond donors (Lipinski definition) is 1. The fourth-order valence-electron chi connectivity index (χ4n) is 2.68. The Morgan fingerprint density at radius 3 is 2.95 bits per heavy atom. The topological polar surface area (TPSA) is 15.3 Å². The molecule has 1 aliphatic heterocycles. The second kappa shape index (κ2) is 6.76. The maximum Gasteiger partial charge on any atom is 0.0415 e. The Labute approximate surface area is 117 Å². The van der Waals surface area contributed by atoms with Crippen molar-refractivity contribution in [2.45, 2.75) is 39.8 Å². The predicted molar refractivity (Wildman–Crippen MR) is 83.6 cm³/mol. The molecule has 1 N–H and O–H groups in total. The second-order valence-electron chi connectivity index (χ2n) is 5.48. The third-order valence-corrected chi connectivity index (χ3v) is 4.20. The number of allylic oxidation sites excluding steroid dienone is 1. The van der Waals surface area contributed by atoms with E-state index >= 15 is 0 Å². The number of fused-ring (bicyclic) bond motifs is 1. The zero-order valence-electron chi connectivity index (χ0n) is 12.4. The van der Waals surface area contributed by atoms with Gasteiger partial charge in [-0.3, -0.25) is 0 Å². The van der Waals surface area contributed by atoms with Crippen LogP contribution < -0.4 is 10.2 Å². The maximum atomic E-state index is 3.73. The van der Waals surface area contributed by atoms with Gasteiger partial charge in [-0.1, -0.05) is 50.6 Å². The highest BCUT2D eigenvalue weighted by Gasteiger charge is 2.23. The van der Waals surface area contributed by atoms with E-state index in [1.54, 1.807) is 0 Å². The molecule has 0 spiro atoms. The number of nitrogens with one attached hydrogen (secondary N) is 1. The molecule has 0 fully saturated rings. The summed E-state index contributed by atoms with van der Waals surface area (Å²) in [6.07, 6.45) is 5.61. The summed E-state index contributed by atoms with van der Waals surface area (Å²) in [4.78, 5) is 2.51. The van der Waals surface area contributed by atoms with E-state index in [2.05, 4.69) is 67.4 Å². The van der Waals surface area contributed by atoms with Crippen LogP contribution in [0, 0.1) is 5.92 Å². The average Bonchev–Trinajstić information content (AvgIpc) is 2.64. The first-order chi connectivity index (χ1) is 9.26. The molecule has 0 saturated carbocycles. The van der Waals surface area contributed by atoms with Gasteiger partial charge < -0.3 is 10.2 Å². The van der Waals surface area contributed by atoms with Gasteiger partial charge in [-0.05, 0) is 24.5 Å². The molecule has 2 rings (SSSR count). The summed E-state index contributed by atoms with van der Waals surface area (Å²) >= 11 is 0. The summed E-state index contributed by atoms with van der Waals surface area (Å²) < 4.78 is 0. The lowest BCUT2D eigenvalue weighted by Crippen LogP contribution is -2.42. The van der Waals surface area contributed by atoms with Crippen molar-refractivity contribution in [3.8, 4) is 0 Å². The van der Waals surface area contributed by atoms with E-state index in [9.17, 15) is 0 Å². The molecule has 2 nitrogen and oxygen atoms in total. The molecule has 0 amide bonds. The predicted octanol–water partition coefficient (Wildman–Crippen LogP) is 3.59. The zero-order chi connectivity index (χ0) is 13.7. The molecule has 0 bridgehead atoms. The fourth-order valence-corrected chi connectivity index (χ4v) is 2.68. The molecular weight excluding hydrogens is 232 g/mol. The monoisotopic (exact) mass is 258 g/mol. The summed E-state index contributed by atoms with van der Waals surface area (Å²) in [6, 6.07) is 9.34. The molecule has 0 aliphatic carbocycles. The first-order valence-corrected chi connectivity index (χ1v) is 7.43. The molecule has 1 aliphatic rings. The van der Waals surface area contributed by atoms with Crippen LogP contribution in [-0.4, -0.2) is 19.1 Å². The van der Waals surface area contributed by atoms with Crippen LogP contribution in [0.25, 0.3) is 0 Å². The molecule has 2 unspecified atom stereocenters. The molecule has 0 radical (unpaired) electrons. The minimum Gasteiger partial charge on any atom is -0.366 e. The van der Waals surface area contributed by atoms with Gasteiger partial charge in [0.1, 0.15) is 0 Å². The van der Waals surface area contributed by atoms with Crippen molar-refractivity contribution in [2.75, 3.05) is 18.0 Å². The van der Waals surface area contributed by atoms with Crippen molar-refractivity contribution in [1.29, 1.82) is 0 Å². The van der Waals surface area contributed by atoms with Crippen LogP contribution in [0.15, 0.2) is 36.4 Å². The van der Waals surface area contributed by atoms with Crippen LogP contribution in [0.2, 0.25) is 0 Å². The van der Waals surface area contributed by atoms with E-state index in [0.717, 1.165) is 19.6 Å². The van der Waals surface area contributed by atoms with Gasteiger partial charge in [-0.25, -0.2) is 0 Å². The summed E-state index contributed by atoms with van der Waals surface area (Å²) in [5, 5.41) is 3.73. The molecule has 19 heavy (non-hydrogen) atoms. The van der Waals surface area contributed by atoms with Crippen molar-refractivity contribution in [2.24, 2.45) is 5.92 Å². The van der Waals surface area contributed by atoms with Gasteiger partial charge in [0.15, 0.2) is 0 Å². The van der Waals surface area contributed by atoms with Crippen LogP contribution in [0.3, 0.4) is 0 Å². The van der Waals surface area contributed by atoms with Crippen LogP contribution >= 0.6 is 0 Å². The summed E-state index contributed by atoms with van der Waals surface area (Å²) in [7, 11) is 0. The van der Waals surface area contributed by atoms with E-state index in [4.69, 9.17) is 0 Å². The van der Waals surface area contributed by atoms with Crippen LogP contribution in [-0.2, 0) is 6.54 Å². The molecule has 1 heterocycles. The Kier molecular flexibility index (Phi) is 5.03. The van der Waals surface area contributed by atoms with Gasteiger partial charge in [0.25, 0.3) is 0 Å². The lowest BCUT2D eigenvalue weighted by atomic mass is 9.99. The molecule has 104 valence electrons. The third kappa shape index (κ3) is 3.38. The lowest BCUT2D eigenvalue weighted by Gasteiger charge is -2.29. The van der Waals surface area contributed by atoms with Crippen LogP contribution in [0.1, 0.15) is 32.8 Å². The number of benzene rings is 1. The van der Waals surface area contributed by atoms with Crippen molar-refractivity contribution in [1.82, 2.24) is 5.32 Å². The fraction of sp³-hybridized carbons (Fsp3) is 0.529. The maximum absolute atomic E-state index is 3.73. The molecule has 1 aromatic carbocycles. The standard InChI is InChI=1S/C17H26N2/c1-4-6-11-19-13-16(14(3)5-2)18-12-15-9-7-8-10-17(15)19/h4,6-10,14,16,18H,5,11-13H2,1-3H3/b6-4+. The highest BCUT2D eigenvalue weighted by Crippen LogP contribution is 2.25. The van der Waals surface area contributed by atoms with Gasteiger partial charge >= 0.3 is 0 Å². The first-order valence-electron chi connectivity index (χ1n) is 7.43. The Hall–Kier alpha value is -1.28. The van der Waals surface area contributed by atoms with E-state index in [-0.39, 0.29) is 0 Å². The SMILES string of the molecule is C/C=C/CN1CC(C(C)CC)NCc2ccccc21. The van der Waals surface area contributed by atoms with Gasteiger partial charge in [0.05, 0.1) is 0 Å². The molecule has 1 aromatic rings. The largest absolute Gasteiger partial charge is 0.366 e. The van der Waals surface area contributed by atoms with Gasteiger partial charge in [-0.2, -0.15) is 0 Å². The van der Waals surface area contributed by atoms with Crippen molar-refractivity contribution >= 4 is 5.69 Å². The normalized spacial score (nSPS) is 21.2. The molecular formula is C17H26N2. The minimum absolute atomic E-state index is 0.572. The molecule has 2 heteroatoms. The highest BCUT2D eigenvalue weighted by atomic mass is 15.2. The molecule has 2 atom stereocenters. The lowest BCUT2D eigenvalue weighted by molar-refractivity contribution is 0.372. The summed E-state index contributed by atoms with van der Waals surface area (Å²) in [5.41, 5.74) is 2.80. The van der Waals surface area contributed by atoms with Crippen molar-refractivity contribution in [3.05, 3.63) is 42.0 Å². The van der Waals surface area contributed by atoms with E-state index in [1.807, 2.05) is 0 Å².